The van der Waals surface area contributed by atoms with Crippen LogP contribution >= 0.6 is 0 Å². The van der Waals surface area contributed by atoms with Crippen molar-refractivity contribution >= 4 is 11.7 Å². The van der Waals surface area contributed by atoms with Crippen LogP contribution in [-0.2, 0) is 4.79 Å². The first kappa shape index (κ1) is 15.1. The van der Waals surface area contributed by atoms with Crippen molar-refractivity contribution in [1.82, 2.24) is 0 Å². The maximum Gasteiger partial charge on any atom is 0.305 e. The van der Waals surface area contributed by atoms with Crippen molar-refractivity contribution in [3.05, 3.63) is 18.2 Å². The van der Waals surface area contributed by atoms with Gasteiger partial charge in [-0.3, -0.25) is 4.79 Å². The van der Waals surface area contributed by atoms with Crippen LogP contribution < -0.4 is 14.8 Å². The van der Waals surface area contributed by atoms with Crippen molar-refractivity contribution in [3.8, 4) is 11.5 Å². The second-order valence-electron chi connectivity index (χ2n) is 4.17. The number of hydrogen-bond donors (Lipinski definition) is 2. The van der Waals surface area contributed by atoms with Gasteiger partial charge in [0.25, 0.3) is 0 Å². The third-order valence-corrected chi connectivity index (χ3v) is 2.44. The summed E-state index contributed by atoms with van der Waals surface area (Å²) in [4.78, 5) is 10.7. The SMILES string of the molecule is CCOc1ccc(OCC)c(NC(C)CC(=O)O)c1. The van der Waals surface area contributed by atoms with Crippen LogP contribution in [0, 0.1) is 0 Å². The molecule has 1 aromatic rings. The fourth-order valence-electron chi connectivity index (χ4n) is 1.74. The van der Waals surface area contributed by atoms with E-state index in [4.69, 9.17) is 14.6 Å². The number of anilines is 1. The van der Waals surface area contributed by atoms with Crippen molar-refractivity contribution < 1.29 is 19.4 Å². The fraction of sp³-hybridized carbons (Fsp3) is 0.500. The molecule has 5 heteroatoms. The van der Waals surface area contributed by atoms with Gasteiger partial charge in [-0.05, 0) is 32.9 Å². The summed E-state index contributed by atoms with van der Waals surface area (Å²) in [5, 5.41) is 11.9. The Morgan fingerprint density at radius 2 is 2.00 bits per heavy atom. The van der Waals surface area contributed by atoms with Gasteiger partial charge in [0, 0.05) is 12.1 Å². The lowest BCUT2D eigenvalue weighted by Gasteiger charge is -2.17. The predicted molar refractivity (Wildman–Crippen MR) is 74.1 cm³/mol. The summed E-state index contributed by atoms with van der Waals surface area (Å²) >= 11 is 0. The lowest BCUT2D eigenvalue weighted by atomic mass is 10.2. The molecular formula is C14H21NO4. The first-order valence-corrected chi connectivity index (χ1v) is 6.44. The van der Waals surface area contributed by atoms with Crippen LogP contribution in [0.5, 0.6) is 11.5 Å². The van der Waals surface area contributed by atoms with Gasteiger partial charge in [0.05, 0.1) is 25.3 Å². The molecule has 0 aliphatic heterocycles. The number of carboxylic acid groups (broad SMARTS) is 1. The highest BCUT2D eigenvalue weighted by Crippen LogP contribution is 2.30. The summed E-state index contributed by atoms with van der Waals surface area (Å²) < 4.78 is 10.9. The first-order chi connectivity index (χ1) is 9.06. The number of hydrogen-bond acceptors (Lipinski definition) is 4. The van der Waals surface area contributed by atoms with Gasteiger partial charge in [-0.15, -0.1) is 0 Å². The maximum absolute atomic E-state index is 10.7. The Labute approximate surface area is 113 Å². The number of aliphatic carboxylic acids is 1. The van der Waals surface area contributed by atoms with Gasteiger partial charge < -0.3 is 19.9 Å². The number of carbonyl (C=O) groups is 1. The van der Waals surface area contributed by atoms with Crippen LogP contribution in [0.15, 0.2) is 18.2 Å². The zero-order valence-corrected chi connectivity index (χ0v) is 11.6. The molecule has 0 saturated heterocycles. The van der Waals surface area contributed by atoms with Crippen molar-refractivity contribution in [2.45, 2.75) is 33.2 Å². The number of carboxylic acids is 1. The molecule has 1 atom stereocenters. The van der Waals surface area contributed by atoms with E-state index in [9.17, 15) is 4.79 Å². The Morgan fingerprint density at radius 1 is 1.32 bits per heavy atom. The van der Waals surface area contributed by atoms with Crippen LogP contribution in [-0.4, -0.2) is 30.3 Å². The number of ether oxygens (including phenoxy) is 2. The number of benzene rings is 1. The van der Waals surface area contributed by atoms with E-state index in [1.807, 2.05) is 39.0 Å². The number of rotatable bonds is 8. The summed E-state index contributed by atoms with van der Waals surface area (Å²) in [6, 6.07) is 5.30. The van der Waals surface area contributed by atoms with Crippen LogP contribution in [0.2, 0.25) is 0 Å². The Morgan fingerprint density at radius 3 is 2.58 bits per heavy atom. The summed E-state index contributed by atoms with van der Waals surface area (Å²) in [5.41, 5.74) is 0.751. The summed E-state index contributed by atoms with van der Waals surface area (Å²) in [5.74, 6) is 0.595. The highest BCUT2D eigenvalue weighted by Gasteiger charge is 2.11. The molecule has 0 aliphatic rings. The van der Waals surface area contributed by atoms with Gasteiger partial charge in [-0.1, -0.05) is 0 Å². The van der Waals surface area contributed by atoms with Crippen molar-refractivity contribution in [3.63, 3.8) is 0 Å². The zero-order valence-electron chi connectivity index (χ0n) is 11.6. The lowest BCUT2D eigenvalue weighted by molar-refractivity contribution is -0.137. The third-order valence-electron chi connectivity index (χ3n) is 2.44. The van der Waals surface area contributed by atoms with Gasteiger partial charge in [0.15, 0.2) is 0 Å². The normalized spacial score (nSPS) is 11.7. The van der Waals surface area contributed by atoms with E-state index in [-0.39, 0.29) is 12.5 Å². The van der Waals surface area contributed by atoms with Gasteiger partial charge in [-0.25, -0.2) is 0 Å². The van der Waals surface area contributed by atoms with Crippen molar-refractivity contribution in [2.75, 3.05) is 18.5 Å². The highest BCUT2D eigenvalue weighted by molar-refractivity contribution is 5.69. The molecule has 106 valence electrons. The quantitative estimate of drug-likeness (QED) is 0.758. The summed E-state index contributed by atoms with van der Waals surface area (Å²) in [7, 11) is 0. The average molecular weight is 267 g/mol. The standard InChI is InChI=1S/C14H21NO4/c1-4-18-11-6-7-13(19-5-2)12(9-11)15-10(3)8-14(16)17/h6-7,9-10,15H,4-5,8H2,1-3H3,(H,16,17). The van der Waals surface area contributed by atoms with Crippen LogP contribution in [0.4, 0.5) is 5.69 Å². The molecule has 5 nitrogen and oxygen atoms in total. The monoisotopic (exact) mass is 267 g/mol. The minimum Gasteiger partial charge on any atom is -0.494 e. The third kappa shape index (κ3) is 5.07. The molecule has 19 heavy (non-hydrogen) atoms. The Hall–Kier alpha value is -1.91. The zero-order chi connectivity index (χ0) is 14.3. The van der Waals surface area contributed by atoms with Gasteiger partial charge in [-0.2, -0.15) is 0 Å². The van der Waals surface area contributed by atoms with Crippen molar-refractivity contribution in [1.29, 1.82) is 0 Å². The maximum atomic E-state index is 10.7. The molecule has 0 fully saturated rings. The molecule has 1 rings (SSSR count). The minimum atomic E-state index is -0.834. The minimum absolute atomic E-state index is 0.0461. The molecule has 0 bridgehead atoms. The summed E-state index contributed by atoms with van der Waals surface area (Å²) in [6.45, 7) is 6.77. The predicted octanol–water partition coefficient (Wildman–Crippen LogP) is 2.76. The molecule has 0 amide bonds. The van der Waals surface area contributed by atoms with Crippen molar-refractivity contribution in [2.24, 2.45) is 0 Å². The lowest BCUT2D eigenvalue weighted by Crippen LogP contribution is -2.19. The second kappa shape index (κ2) is 7.51. The molecular weight excluding hydrogens is 246 g/mol. The van der Waals surface area contributed by atoms with Crippen LogP contribution in [0.3, 0.4) is 0 Å². The van der Waals surface area contributed by atoms with E-state index in [1.165, 1.54) is 0 Å². The smallest absolute Gasteiger partial charge is 0.305 e. The Bertz CT molecular complexity index is 420. The topological polar surface area (TPSA) is 67.8 Å². The molecule has 0 spiro atoms. The molecule has 0 saturated carbocycles. The molecule has 1 unspecified atom stereocenters. The van der Waals surface area contributed by atoms with E-state index in [2.05, 4.69) is 5.32 Å². The average Bonchev–Trinajstić information content (AvgIpc) is 2.32. The molecule has 2 N–H and O–H groups in total. The molecule has 0 radical (unpaired) electrons. The molecule has 0 aromatic heterocycles. The van der Waals surface area contributed by atoms with E-state index >= 15 is 0 Å². The van der Waals surface area contributed by atoms with E-state index in [1.54, 1.807) is 0 Å². The fourth-order valence-corrected chi connectivity index (χ4v) is 1.74. The Kier molecular flexibility index (Phi) is 5.99. The first-order valence-electron chi connectivity index (χ1n) is 6.44. The molecule has 0 aliphatic carbocycles. The van der Waals surface area contributed by atoms with Gasteiger partial charge in [0.2, 0.25) is 0 Å². The van der Waals surface area contributed by atoms with Gasteiger partial charge in [0.1, 0.15) is 11.5 Å². The molecule has 0 heterocycles. The largest absolute Gasteiger partial charge is 0.494 e. The van der Waals surface area contributed by atoms with Crippen LogP contribution in [0.25, 0.3) is 0 Å². The number of nitrogens with one attached hydrogen (secondary N) is 1. The molecule has 1 aromatic carbocycles. The van der Waals surface area contributed by atoms with E-state index < -0.39 is 5.97 Å². The second-order valence-corrected chi connectivity index (χ2v) is 4.17. The van der Waals surface area contributed by atoms with E-state index in [0.717, 1.165) is 11.4 Å². The highest BCUT2D eigenvalue weighted by atomic mass is 16.5. The summed E-state index contributed by atoms with van der Waals surface area (Å²) in [6.07, 6.45) is 0.0461. The Balaban J connectivity index is 2.86. The van der Waals surface area contributed by atoms with Crippen LogP contribution in [0.1, 0.15) is 27.2 Å². The van der Waals surface area contributed by atoms with Gasteiger partial charge >= 0.3 is 5.97 Å². The van der Waals surface area contributed by atoms with E-state index in [0.29, 0.717) is 19.0 Å².